The van der Waals surface area contributed by atoms with Gasteiger partial charge < -0.3 is 9.15 Å². The molecule has 20 heavy (non-hydrogen) atoms. The molecule has 0 spiro atoms. The molecule has 1 unspecified atom stereocenters. The van der Waals surface area contributed by atoms with Crippen LogP contribution in [0, 0.1) is 6.92 Å². The van der Waals surface area contributed by atoms with Crippen LogP contribution in [0.3, 0.4) is 0 Å². The van der Waals surface area contributed by atoms with Crippen molar-refractivity contribution in [2.24, 2.45) is 0 Å². The van der Waals surface area contributed by atoms with Gasteiger partial charge in [-0.2, -0.15) is 0 Å². The molecular formula is C16H16O4. The number of ether oxygens (including phenoxy) is 1. The van der Waals surface area contributed by atoms with Gasteiger partial charge in [-0.05, 0) is 37.5 Å². The molecule has 1 aliphatic carbocycles. The number of hydrogen-bond donors (Lipinski definition) is 0. The van der Waals surface area contributed by atoms with Crippen LogP contribution in [0.2, 0.25) is 0 Å². The highest BCUT2D eigenvalue weighted by atomic mass is 16.5. The SMILES string of the molecule is Cc1cc(=O)oc2cc(OC3CCCC(=O)C3)ccc12. The third-order valence-corrected chi connectivity index (χ3v) is 3.66. The van der Waals surface area contributed by atoms with Gasteiger partial charge in [-0.3, -0.25) is 4.79 Å². The van der Waals surface area contributed by atoms with Crippen molar-refractivity contribution in [2.75, 3.05) is 0 Å². The van der Waals surface area contributed by atoms with Gasteiger partial charge in [0.2, 0.25) is 0 Å². The van der Waals surface area contributed by atoms with Crippen molar-refractivity contribution in [3.05, 3.63) is 40.2 Å². The normalized spacial score (nSPS) is 19.2. The van der Waals surface area contributed by atoms with E-state index in [9.17, 15) is 9.59 Å². The summed E-state index contributed by atoms with van der Waals surface area (Å²) < 4.78 is 11.0. The number of carbonyl (C=O) groups is 1. The van der Waals surface area contributed by atoms with Crippen LogP contribution in [0.5, 0.6) is 5.75 Å². The van der Waals surface area contributed by atoms with Gasteiger partial charge in [0.15, 0.2) is 0 Å². The van der Waals surface area contributed by atoms with Gasteiger partial charge in [-0.15, -0.1) is 0 Å². The zero-order chi connectivity index (χ0) is 14.1. The largest absolute Gasteiger partial charge is 0.490 e. The molecule has 0 N–H and O–H groups in total. The maximum Gasteiger partial charge on any atom is 0.336 e. The van der Waals surface area contributed by atoms with Crippen LogP contribution in [0.25, 0.3) is 11.0 Å². The van der Waals surface area contributed by atoms with E-state index in [1.165, 1.54) is 6.07 Å². The smallest absolute Gasteiger partial charge is 0.336 e. The van der Waals surface area contributed by atoms with Crippen LogP contribution in [0.15, 0.2) is 33.5 Å². The third kappa shape index (κ3) is 2.59. The van der Waals surface area contributed by atoms with Crippen LogP contribution in [0.4, 0.5) is 0 Å². The van der Waals surface area contributed by atoms with Crippen molar-refractivity contribution in [1.29, 1.82) is 0 Å². The summed E-state index contributed by atoms with van der Waals surface area (Å²) in [5.41, 5.74) is 1.05. The lowest BCUT2D eigenvalue weighted by atomic mass is 9.96. The minimum absolute atomic E-state index is 0.0646. The second-order valence-electron chi connectivity index (χ2n) is 5.28. The van der Waals surface area contributed by atoms with E-state index in [0.29, 0.717) is 24.2 Å². The van der Waals surface area contributed by atoms with E-state index in [1.807, 2.05) is 19.1 Å². The molecule has 4 nitrogen and oxygen atoms in total. The first-order chi connectivity index (χ1) is 9.61. The molecule has 4 heteroatoms. The summed E-state index contributed by atoms with van der Waals surface area (Å²) in [6.07, 6.45) is 2.83. The number of ketones is 1. The fourth-order valence-corrected chi connectivity index (χ4v) is 2.66. The topological polar surface area (TPSA) is 56.5 Å². The van der Waals surface area contributed by atoms with Gasteiger partial charge in [0.25, 0.3) is 0 Å². The molecule has 0 saturated heterocycles. The van der Waals surface area contributed by atoms with E-state index < -0.39 is 0 Å². The highest BCUT2D eigenvalue weighted by molar-refractivity contribution is 5.81. The highest BCUT2D eigenvalue weighted by Gasteiger charge is 2.21. The first-order valence-corrected chi connectivity index (χ1v) is 6.85. The van der Waals surface area contributed by atoms with Gasteiger partial charge in [0.05, 0.1) is 0 Å². The number of Topliss-reactive ketones (excluding diaryl/α,β-unsaturated/α-hetero) is 1. The van der Waals surface area contributed by atoms with Crippen LogP contribution >= 0.6 is 0 Å². The molecule has 1 aromatic carbocycles. The Hall–Kier alpha value is -2.10. The van der Waals surface area contributed by atoms with E-state index in [4.69, 9.17) is 9.15 Å². The lowest BCUT2D eigenvalue weighted by molar-refractivity contribution is -0.122. The van der Waals surface area contributed by atoms with Crippen LogP contribution in [-0.4, -0.2) is 11.9 Å². The Kier molecular flexibility index (Phi) is 3.30. The number of carbonyl (C=O) groups excluding carboxylic acids is 1. The molecule has 0 radical (unpaired) electrons. The van der Waals surface area contributed by atoms with Crippen molar-refractivity contribution < 1.29 is 13.9 Å². The maximum absolute atomic E-state index is 11.4. The third-order valence-electron chi connectivity index (χ3n) is 3.66. The molecule has 0 amide bonds. The summed E-state index contributed by atoms with van der Waals surface area (Å²) in [7, 11) is 0. The Bertz CT molecular complexity index is 714. The van der Waals surface area contributed by atoms with E-state index in [0.717, 1.165) is 23.8 Å². The van der Waals surface area contributed by atoms with Crippen molar-refractivity contribution in [3.8, 4) is 5.75 Å². The lowest BCUT2D eigenvalue weighted by Gasteiger charge is -2.22. The minimum Gasteiger partial charge on any atom is -0.490 e. The number of fused-ring (bicyclic) bond motifs is 1. The summed E-state index contributed by atoms with van der Waals surface area (Å²) in [4.78, 5) is 22.8. The highest BCUT2D eigenvalue weighted by Crippen LogP contribution is 2.26. The molecule has 0 aliphatic heterocycles. The monoisotopic (exact) mass is 272 g/mol. The van der Waals surface area contributed by atoms with Crippen LogP contribution in [0.1, 0.15) is 31.2 Å². The Morgan fingerprint density at radius 1 is 1.25 bits per heavy atom. The number of aryl methyl sites for hydroxylation is 1. The fourth-order valence-electron chi connectivity index (χ4n) is 2.66. The Balaban J connectivity index is 1.89. The van der Waals surface area contributed by atoms with E-state index in [1.54, 1.807) is 6.07 Å². The first-order valence-electron chi connectivity index (χ1n) is 6.85. The van der Waals surface area contributed by atoms with Gasteiger partial charge in [-0.25, -0.2) is 4.79 Å². The average Bonchev–Trinajstić information content (AvgIpc) is 2.38. The Labute approximate surface area is 116 Å². The maximum atomic E-state index is 11.4. The zero-order valence-electron chi connectivity index (χ0n) is 11.3. The second-order valence-corrected chi connectivity index (χ2v) is 5.28. The number of rotatable bonds is 2. The molecule has 104 valence electrons. The van der Waals surface area contributed by atoms with Crippen molar-refractivity contribution >= 4 is 16.8 Å². The molecule has 1 aliphatic rings. The molecule has 1 saturated carbocycles. The van der Waals surface area contributed by atoms with Crippen molar-refractivity contribution in [3.63, 3.8) is 0 Å². The van der Waals surface area contributed by atoms with Gasteiger partial charge >= 0.3 is 5.63 Å². The second kappa shape index (κ2) is 5.12. The average molecular weight is 272 g/mol. The summed E-state index contributed by atoms with van der Waals surface area (Å²) in [5, 5.41) is 0.900. The fraction of sp³-hybridized carbons (Fsp3) is 0.375. The summed E-state index contributed by atoms with van der Waals surface area (Å²) >= 11 is 0. The summed E-state index contributed by atoms with van der Waals surface area (Å²) in [6, 6.07) is 6.94. The predicted octanol–water partition coefficient (Wildman–Crippen LogP) is 2.99. The van der Waals surface area contributed by atoms with E-state index in [2.05, 4.69) is 0 Å². The number of hydrogen-bond acceptors (Lipinski definition) is 4. The van der Waals surface area contributed by atoms with Crippen LogP contribution < -0.4 is 10.4 Å². The predicted molar refractivity (Wildman–Crippen MR) is 75.1 cm³/mol. The molecule has 1 fully saturated rings. The van der Waals surface area contributed by atoms with Crippen molar-refractivity contribution in [1.82, 2.24) is 0 Å². The quantitative estimate of drug-likeness (QED) is 0.789. The molecular weight excluding hydrogens is 256 g/mol. The molecule has 0 bridgehead atoms. The number of benzene rings is 1. The lowest BCUT2D eigenvalue weighted by Crippen LogP contribution is -2.25. The molecule has 3 rings (SSSR count). The van der Waals surface area contributed by atoms with E-state index in [-0.39, 0.29) is 17.5 Å². The summed E-state index contributed by atoms with van der Waals surface area (Å²) in [6.45, 7) is 1.87. The zero-order valence-corrected chi connectivity index (χ0v) is 11.3. The van der Waals surface area contributed by atoms with Gasteiger partial charge in [-0.1, -0.05) is 0 Å². The van der Waals surface area contributed by atoms with Gasteiger partial charge in [0, 0.05) is 30.4 Å². The molecule has 1 aromatic heterocycles. The van der Waals surface area contributed by atoms with E-state index >= 15 is 0 Å². The molecule has 1 atom stereocenters. The Morgan fingerprint density at radius 2 is 2.10 bits per heavy atom. The first kappa shape index (κ1) is 12.9. The van der Waals surface area contributed by atoms with Gasteiger partial charge in [0.1, 0.15) is 23.2 Å². The summed E-state index contributed by atoms with van der Waals surface area (Å²) in [5.74, 6) is 0.898. The molecule has 1 heterocycles. The van der Waals surface area contributed by atoms with Crippen LogP contribution in [-0.2, 0) is 4.79 Å². The standard InChI is InChI=1S/C16H16O4/c1-10-7-16(18)20-15-9-13(5-6-14(10)15)19-12-4-2-3-11(17)8-12/h5-7,9,12H,2-4,8H2,1H3. The Morgan fingerprint density at radius 3 is 2.90 bits per heavy atom. The molecule has 2 aromatic rings. The minimum atomic E-state index is -0.361. The van der Waals surface area contributed by atoms with Crippen molar-refractivity contribution in [2.45, 2.75) is 38.7 Å².